The lowest BCUT2D eigenvalue weighted by atomic mass is 10.3. The molecule has 1 aromatic heterocycles. The highest BCUT2D eigenvalue weighted by Gasteiger charge is 2.20. The first-order chi connectivity index (χ1) is 8.61. The molecule has 1 aliphatic heterocycles. The molecule has 2 heterocycles. The fraction of sp³-hybridized carbons (Fsp3) is 0.455. The van der Waals surface area contributed by atoms with Crippen molar-refractivity contribution >= 4 is 17.5 Å². The van der Waals surface area contributed by atoms with Gasteiger partial charge in [-0.2, -0.15) is 0 Å². The predicted molar refractivity (Wildman–Crippen MR) is 63.5 cm³/mol. The van der Waals surface area contributed by atoms with E-state index < -0.39 is 11.6 Å². The normalized spacial score (nSPS) is 16.2. The Kier molecular flexibility index (Phi) is 3.59. The van der Waals surface area contributed by atoms with Crippen LogP contribution in [0.5, 0.6) is 0 Å². The number of nitrogens with one attached hydrogen (secondary N) is 2. The van der Waals surface area contributed by atoms with E-state index in [9.17, 15) is 13.6 Å². The third kappa shape index (κ3) is 2.49. The molecule has 1 saturated heterocycles. The van der Waals surface area contributed by atoms with Crippen molar-refractivity contribution in [3.05, 3.63) is 17.7 Å². The highest BCUT2D eigenvalue weighted by molar-refractivity contribution is 5.77. The Morgan fingerprint density at radius 2 is 2.17 bits per heavy atom. The monoisotopic (exact) mass is 256 g/mol. The Bertz CT molecular complexity index is 467. The van der Waals surface area contributed by atoms with Gasteiger partial charge in [0.2, 0.25) is 5.91 Å². The third-order valence-electron chi connectivity index (χ3n) is 2.76. The maximum absolute atomic E-state index is 13.7. The molecule has 2 N–H and O–H groups in total. The van der Waals surface area contributed by atoms with Gasteiger partial charge >= 0.3 is 0 Å². The molecule has 98 valence electrons. The standard InChI is InChI=1S/C11H14F2N4O/c1-14-10-7(12)6-8(13)11(16-10)17-4-2-9(18)15-3-5-17/h6H,2-5H2,1H3,(H,14,16)(H,15,18). The molecule has 0 bridgehead atoms. The van der Waals surface area contributed by atoms with E-state index in [0.717, 1.165) is 6.07 Å². The number of aromatic nitrogens is 1. The van der Waals surface area contributed by atoms with Gasteiger partial charge in [0, 0.05) is 39.2 Å². The zero-order valence-corrected chi connectivity index (χ0v) is 9.96. The van der Waals surface area contributed by atoms with Crippen LogP contribution < -0.4 is 15.5 Å². The van der Waals surface area contributed by atoms with Crippen LogP contribution in [-0.2, 0) is 4.79 Å². The van der Waals surface area contributed by atoms with Gasteiger partial charge < -0.3 is 15.5 Å². The first-order valence-electron chi connectivity index (χ1n) is 5.67. The van der Waals surface area contributed by atoms with E-state index in [0.29, 0.717) is 19.6 Å². The number of rotatable bonds is 2. The quantitative estimate of drug-likeness (QED) is 0.819. The van der Waals surface area contributed by atoms with Crippen LogP contribution in [0.25, 0.3) is 0 Å². The van der Waals surface area contributed by atoms with Crippen LogP contribution in [0, 0.1) is 11.6 Å². The van der Waals surface area contributed by atoms with E-state index in [1.54, 1.807) is 4.90 Å². The summed E-state index contributed by atoms with van der Waals surface area (Å²) in [6, 6.07) is 0.800. The van der Waals surface area contributed by atoms with E-state index >= 15 is 0 Å². The number of nitrogens with zero attached hydrogens (tertiary/aromatic N) is 2. The average Bonchev–Trinajstić information content (AvgIpc) is 2.54. The predicted octanol–water partition coefficient (Wildman–Crippen LogP) is 0.728. The molecule has 2 rings (SSSR count). The third-order valence-corrected chi connectivity index (χ3v) is 2.76. The summed E-state index contributed by atoms with van der Waals surface area (Å²) in [6.07, 6.45) is 0.271. The molecule has 0 radical (unpaired) electrons. The Morgan fingerprint density at radius 3 is 2.89 bits per heavy atom. The van der Waals surface area contributed by atoms with E-state index in [-0.39, 0.29) is 24.0 Å². The average molecular weight is 256 g/mol. The largest absolute Gasteiger partial charge is 0.371 e. The summed E-state index contributed by atoms with van der Waals surface area (Å²) in [6.45, 7) is 1.24. The number of halogens is 2. The number of carbonyl (C=O) groups is 1. The maximum Gasteiger partial charge on any atom is 0.221 e. The van der Waals surface area contributed by atoms with Gasteiger partial charge in [0.25, 0.3) is 0 Å². The summed E-state index contributed by atoms with van der Waals surface area (Å²) in [4.78, 5) is 16.7. The number of anilines is 2. The second-order valence-electron chi connectivity index (χ2n) is 3.96. The van der Waals surface area contributed by atoms with Gasteiger partial charge in [-0.25, -0.2) is 13.8 Å². The van der Waals surface area contributed by atoms with Gasteiger partial charge in [0.05, 0.1) is 0 Å². The van der Waals surface area contributed by atoms with Crippen molar-refractivity contribution in [1.29, 1.82) is 0 Å². The molecule has 0 atom stereocenters. The zero-order chi connectivity index (χ0) is 13.1. The summed E-state index contributed by atoms with van der Waals surface area (Å²) in [7, 11) is 1.51. The Hall–Kier alpha value is -1.92. The van der Waals surface area contributed by atoms with Crippen molar-refractivity contribution in [2.45, 2.75) is 6.42 Å². The first kappa shape index (κ1) is 12.5. The van der Waals surface area contributed by atoms with E-state index in [1.165, 1.54) is 7.05 Å². The highest BCUT2D eigenvalue weighted by Crippen LogP contribution is 2.22. The van der Waals surface area contributed by atoms with Crippen LogP contribution in [0.15, 0.2) is 6.07 Å². The number of hydrogen-bond donors (Lipinski definition) is 2. The number of pyridine rings is 1. The zero-order valence-electron chi connectivity index (χ0n) is 9.96. The molecule has 1 aromatic rings. The van der Waals surface area contributed by atoms with Gasteiger partial charge in [-0.1, -0.05) is 0 Å². The molecule has 18 heavy (non-hydrogen) atoms. The molecular weight excluding hydrogens is 242 g/mol. The van der Waals surface area contributed by atoms with Crippen LogP contribution in [0.3, 0.4) is 0 Å². The maximum atomic E-state index is 13.7. The van der Waals surface area contributed by atoms with Gasteiger partial charge in [0.15, 0.2) is 23.3 Å². The van der Waals surface area contributed by atoms with Crippen molar-refractivity contribution in [3.8, 4) is 0 Å². The van der Waals surface area contributed by atoms with Crippen molar-refractivity contribution in [2.75, 3.05) is 36.9 Å². The molecule has 1 aliphatic rings. The minimum Gasteiger partial charge on any atom is -0.371 e. The Morgan fingerprint density at radius 1 is 1.39 bits per heavy atom. The minimum absolute atomic E-state index is 0.00469. The van der Waals surface area contributed by atoms with E-state index in [2.05, 4.69) is 15.6 Å². The SMILES string of the molecule is CNc1nc(N2CCNC(=O)CC2)c(F)cc1F. The molecule has 5 nitrogen and oxygen atoms in total. The topological polar surface area (TPSA) is 57.3 Å². The molecular formula is C11H14F2N4O. The Balaban J connectivity index is 2.29. The lowest BCUT2D eigenvalue weighted by Crippen LogP contribution is -2.30. The van der Waals surface area contributed by atoms with Gasteiger partial charge in [-0.05, 0) is 0 Å². The molecule has 0 aromatic carbocycles. The lowest BCUT2D eigenvalue weighted by Gasteiger charge is -2.21. The summed E-state index contributed by atoms with van der Waals surface area (Å²) in [5.74, 6) is -1.47. The molecule has 0 unspecified atom stereocenters. The minimum atomic E-state index is -0.734. The molecule has 1 amide bonds. The second-order valence-corrected chi connectivity index (χ2v) is 3.96. The summed E-state index contributed by atoms with van der Waals surface area (Å²) in [5, 5.41) is 5.25. The second kappa shape index (κ2) is 5.16. The van der Waals surface area contributed by atoms with Crippen molar-refractivity contribution in [3.63, 3.8) is 0 Å². The number of hydrogen-bond acceptors (Lipinski definition) is 4. The summed E-state index contributed by atoms with van der Waals surface area (Å²) >= 11 is 0. The fourth-order valence-electron chi connectivity index (χ4n) is 1.83. The summed E-state index contributed by atoms with van der Waals surface area (Å²) in [5.41, 5.74) is 0. The highest BCUT2D eigenvalue weighted by atomic mass is 19.1. The van der Waals surface area contributed by atoms with Gasteiger partial charge in [0.1, 0.15) is 0 Å². The van der Waals surface area contributed by atoms with Crippen LogP contribution >= 0.6 is 0 Å². The Labute approximate surface area is 103 Å². The van der Waals surface area contributed by atoms with Crippen LogP contribution in [0.1, 0.15) is 6.42 Å². The van der Waals surface area contributed by atoms with Crippen molar-refractivity contribution < 1.29 is 13.6 Å². The first-order valence-corrected chi connectivity index (χ1v) is 5.67. The van der Waals surface area contributed by atoms with Gasteiger partial charge in [-0.15, -0.1) is 0 Å². The van der Waals surface area contributed by atoms with E-state index in [1.807, 2.05) is 0 Å². The van der Waals surface area contributed by atoms with Crippen LogP contribution in [0.4, 0.5) is 20.4 Å². The molecule has 0 saturated carbocycles. The van der Waals surface area contributed by atoms with Crippen LogP contribution in [-0.4, -0.2) is 37.6 Å². The molecule has 0 spiro atoms. The van der Waals surface area contributed by atoms with Crippen LogP contribution in [0.2, 0.25) is 0 Å². The molecule has 1 fully saturated rings. The fourth-order valence-corrected chi connectivity index (χ4v) is 1.83. The molecule has 7 heteroatoms. The summed E-state index contributed by atoms with van der Waals surface area (Å²) < 4.78 is 27.0. The smallest absolute Gasteiger partial charge is 0.221 e. The molecule has 0 aliphatic carbocycles. The lowest BCUT2D eigenvalue weighted by molar-refractivity contribution is -0.120. The number of amides is 1. The van der Waals surface area contributed by atoms with E-state index in [4.69, 9.17) is 0 Å². The van der Waals surface area contributed by atoms with Crippen molar-refractivity contribution in [1.82, 2.24) is 10.3 Å². The number of carbonyl (C=O) groups excluding carboxylic acids is 1. The van der Waals surface area contributed by atoms with Crippen molar-refractivity contribution in [2.24, 2.45) is 0 Å². The van der Waals surface area contributed by atoms with Gasteiger partial charge in [-0.3, -0.25) is 4.79 Å².